The number of unbranched alkanes of at least 4 members (excludes halogenated alkanes) is 1. The lowest BCUT2D eigenvalue weighted by Crippen LogP contribution is -2.35. The van der Waals surface area contributed by atoms with Crippen LogP contribution < -0.4 is 14.8 Å². The van der Waals surface area contributed by atoms with E-state index in [1.165, 1.54) is 0 Å². The molecule has 5 nitrogen and oxygen atoms in total. The summed E-state index contributed by atoms with van der Waals surface area (Å²) in [5.74, 6) is 1.34. The average Bonchev–Trinajstić information content (AvgIpc) is 2.82. The van der Waals surface area contributed by atoms with Crippen LogP contribution in [0.4, 0.5) is 10.5 Å². The largest absolute Gasteiger partial charge is 0.493 e. The first-order valence-corrected chi connectivity index (χ1v) is 11.0. The second kappa shape index (κ2) is 11.8. The van der Waals surface area contributed by atoms with Crippen LogP contribution in [0.5, 0.6) is 11.5 Å². The molecule has 5 heteroatoms. The number of hydrogen-bond donors (Lipinski definition) is 1. The first kappa shape index (κ1) is 23.2. The SMILES string of the molecule is CCCCN(Cc1ccc(OCc2ccccc2)c(OC)c1)C(=O)Nc1ccc(C)cc1. The van der Waals surface area contributed by atoms with E-state index in [0.717, 1.165) is 35.2 Å². The maximum atomic E-state index is 12.9. The van der Waals surface area contributed by atoms with Crippen LogP contribution in [0.1, 0.15) is 36.5 Å². The molecule has 0 aromatic heterocycles. The number of urea groups is 1. The van der Waals surface area contributed by atoms with Gasteiger partial charge in [0, 0.05) is 18.8 Å². The Morgan fingerprint density at radius 1 is 0.938 bits per heavy atom. The normalized spacial score (nSPS) is 10.5. The molecule has 1 N–H and O–H groups in total. The van der Waals surface area contributed by atoms with E-state index >= 15 is 0 Å². The van der Waals surface area contributed by atoms with E-state index in [4.69, 9.17) is 9.47 Å². The van der Waals surface area contributed by atoms with Crippen molar-refractivity contribution in [2.45, 2.75) is 39.8 Å². The Morgan fingerprint density at radius 3 is 2.38 bits per heavy atom. The van der Waals surface area contributed by atoms with Gasteiger partial charge in [-0.15, -0.1) is 0 Å². The second-order valence-corrected chi connectivity index (χ2v) is 7.83. The van der Waals surface area contributed by atoms with Gasteiger partial charge in [-0.1, -0.05) is 67.4 Å². The van der Waals surface area contributed by atoms with Crippen molar-refractivity contribution in [3.63, 3.8) is 0 Å². The Labute approximate surface area is 191 Å². The summed E-state index contributed by atoms with van der Waals surface area (Å²) < 4.78 is 11.5. The van der Waals surface area contributed by atoms with Crippen LogP contribution in [0.3, 0.4) is 0 Å². The summed E-state index contributed by atoms with van der Waals surface area (Å²) in [4.78, 5) is 14.8. The lowest BCUT2D eigenvalue weighted by molar-refractivity contribution is 0.208. The Hall–Kier alpha value is -3.47. The summed E-state index contributed by atoms with van der Waals surface area (Å²) in [6.45, 7) is 5.80. The molecule has 0 spiro atoms. The number of anilines is 1. The maximum Gasteiger partial charge on any atom is 0.322 e. The van der Waals surface area contributed by atoms with Gasteiger partial charge in [0.05, 0.1) is 7.11 Å². The predicted molar refractivity (Wildman–Crippen MR) is 129 cm³/mol. The number of nitrogens with zero attached hydrogens (tertiary/aromatic N) is 1. The zero-order valence-corrected chi connectivity index (χ0v) is 19.1. The summed E-state index contributed by atoms with van der Waals surface area (Å²) in [7, 11) is 1.63. The lowest BCUT2D eigenvalue weighted by Gasteiger charge is -2.24. The third-order valence-electron chi connectivity index (χ3n) is 5.21. The van der Waals surface area contributed by atoms with Gasteiger partial charge < -0.3 is 19.7 Å². The molecule has 0 saturated heterocycles. The second-order valence-electron chi connectivity index (χ2n) is 7.83. The Morgan fingerprint density at radius 2 is 1.69 bits per heavy atom. The molecule has 168 valence electrons. The molecule has 0 fully saturated rings. The van der Waals surface area contributed by atoms with E-state index in [9.17, 15) is 4.79 Å². The van der Waals surface area contributed by atoms with Crippen LogP contribution in [-0.4, -0.2) is 24.6 Å². The van der Waals surface area contributed by atoms with Gasteiger partial charge in [-0.25, -0.2) is 4.79 Å². The highest BCUT2D eigenvalue weighted by Crippen LogP contribution is 2.29. The van der Waals surface area contributed by atoms with Gasteiger partial charge >= 0.3 is 6.03 Å². The minimum absolute atomic E-state index is 0.106. The number of aryl methyl sites for hydroxylation is 1. The summed E-state index contributed by atoms with van der Waals surface area (Å²) in [5.41, 5.74) is 4.04. The summed E-state index contributed by atoms with van der Waals surface area (Å²) in [6.07, 6.45) is 1.96. The zero-order chi connectivity index (χ0) is 22.8. The van der Waals surface area contributed by atoms with Gasteiger partial charge in [0.1, 0.15) is 6.61 Å². The Bertz CT molecular complexity index is 988. The fourth-order valence-electron chi connectivity index (χ4n) is 3.33. The highest BCUT2D eigenvalue weighted by molar-refractivity contribution is 5.89. The number of hydrogen-bond acceptors (Lipinski definition) is 3. The van der Waals surface area contributed by atoms with Crippen LogP contribution in [-0.2, 0) is 13.2 Å². The molecule has 2 amide bonds. The smallest absolute Gasteiger partial charge is 0.322 e. The van der Waals surface area contributed by atoms with Crippen LogP contribution in [0.25, 0.3) is 0 Å². The summed E-state index contributed by atoms with van der Waals surface area (Å²) >= 11 is 0. The van der Waals surface area contributed by atoms with E-state index in [0.29, 0.717) is 31.2 Å². The number of benzene rings is 3. The van der Waals surface area contributed by atoms with Gasteiger partial charge in [0.25, 0.3) is 0 Å². The standard InChI is InChI=1S/C27H32N2O3/c1-4-5-17-29(27(30)28-24-14-11-21(2)12-15-24)19-23-13-16-25(26(18-23)31-3)32-20-22-9-7-6-8-10-22/h6-16,18H,4-5,17,19-20H2,1-3H3,(H,28,30). The number of carbonyl (C=O) groups excluding carboxylic acids is 1. The van der Waals surface area contributed by atoms with E-state index < -0.39 is 0 Å². The molecule has 3 aromatic rings. The minimum atomic E-state index is -0.106. The molecule has 0 radical (unpaired) electrons. The van der Waals surface area contributed by atoms with Gasteiger partial charge in [-0.3, -0.25) is 0 Å². The monoisotopic (exact) mass is 432 g/mol. The van der Waals surface area contributed by atoms with Crippen LogP contribution >= 0.6 is 0 Å². The van der Waals surface area contributed by atoms with Crippen molar-refractivity contribution in [1.82, 2.24) is 4.90 Å². The fraction of sp³-hybridized carbons (Fsp3) is 0.296. The molecule has 0 unspecified atom stereocenters. The number of rotatable bonds is 10. The van der Waals surface area contributed by atoms with E-state index in [2.05, 4.69) is 12.2 Å². The van der Waals surface area contributed by atoms with Crippen molar-refractivity contribution in [1.29, 1.82) is 0 Å². The predicted octanol–water partition coefficient (Wildman–Crippen LogP) is 6.42. The molecular weight excluding hydrogens is 400 g/mol. The number of carbonyl (C=O) groups is 1. The van der Waals surface area contributed by atoms with E-state index in [1.807, 2.05) is 84.6 Å². The Balaban J connectivity index is 1.69. The fourth-order valence-corrected chi connectivity index (χ4v) is 3.33. The highest BCUT2D eigenvalue weighted by atomic mass is 16.5. The maximum absolute atomic E-state index is 12.9. The molecular formula is C27H32N2O3. The summed E-state index contributed by atoms with van der Waals surface area (Å²) in [5, 5.41) is 3.01. The molecule has 0 atom stereocenters. The van der Waals surface area contributed by atoms with Crippen molar-refractivity contribution in [3.05, 3.63) is 89.5 Å². The Kier molecular flexibility index (Phi) is 8.55. The topological polar surface area (TPSA) is 50.8 Å². The van der Waals surface area contributed by atoms with Gasteiger partial charge in [-0.2, -0.15) is 0 Å². The molecule has 3 rings (SSSR count). The number of methoxy groups -OCH3 is 1. The first-order chi connectivity index (χ1) is 15.6. The highest BCUT2D eigenvalue weighted by Gasteiger charge is 2.15. The van der Waals surface area contributed by atoms with Crippen molar-refractivity contribution in [2.24, 2.45) is 0 Å². The van der Waals surface area contributed by atoms with Gasteiger partial charge in [0.15, 0.2) is 11.5 Å². The quantitative estimate of drug-likeness (QED) is 0.402. The number of ether oxygens (including phenoxy) is 2. The van der Waals surface area contributed by atoms with Crippen LogP contribution in [0.2, 0.25) is 0 Å². The van der Waals surface area contributed by atoms with Crippen LogP contribution in [0.15, 0.2) is 72.8 Å². The van der Waals surface area contributed by atoms with Crippen molar-refractivity contribution < 1.29 is 14.3 Å². The van der Waals surface area contributed by atoms with Crippen molar-refractivity contribution in [3.8, 4) is 11.5 Å². The third kappa shape index (κ3) is 6.77. The molecule has 0 aliphatic rings. The number of amides is 2. The van der Waals surface area contributed by atoms with Crippen molar-refractivity contribution >= 4 is 11.7 Å². The minimum Gasteiger partial charge on any atom is -0.493 e. The molecule has 3 aromatic carbocycles. The molecule has 0 aliphatic heterocycles. The zero-order valence-electron chi connectivity index (χ0n) is 19.1. The summed E-state index contributed by atoms with van der Waals surface area (Å²) in [6, 6.07) is 23.6. The van der Waals surface area contributed by atoms with Crippen LogP contribution in [0, 0.1) is 6.92 Å². The van der Waals surface area contributed by atoms with E-state index in [1.54, 1.807) is 7.11 Å². The molecule has 0 saturated carbocycles. The first-order valence-electron chi connectivity index (χ1n) is 11.0. The van der Waals surface area contributed by atoms with E-state index in [-0.39, 0.29) is 6.03 Å². The molecule has 32 heavy (non-hydrogen) atoms. The average molecular weight is 433 g/mol. The van der Waals surface area contributed by atoms with Gasteiger partial charge in [0.2, 0.25) is 0 Å². The lowest BCUT2D eigenvalue weighted by atomic mass is 10.1. The number of nitrogens with one attached hydrogen (secondary N) is 1. The molecule has 0 aliphatic carbocycles. The van der Waals surface area contributed by atoms with Gasteiger partial charge in [-0.05, 0) is 48.7 Å². The van der Waals surface area contributed by atoms with Crippen molar-refractivity contribution in [2.75, 3.05) is 19.0 Å². The molecule has 0 bridgehead atoms. The third-order valence-corrected chi connectivity index (χ3v) is 5.21. The molecule has 0 heterocycles.